The number of fused-ring (bicyclic) bond motifs is 3. The average molecular weight is 378 g/mol. The summed E-state index contributed by atoms with van der Waals surface area (Å²) in [7, 11) is 1.71. The average Bonchev–Trinajstić information content (AvgIpc) is 3.21. The normalized spacial score (nSPS) is 18.2. The van der Waals surface area contributed by atoms with Crippen molar-refractivity contribution in [3.8, 4) is 5.75 Å². The zero-order chi connectivity index (χ0) is 19.1. The summed E-state index contributed by atoms with van der Waals surface area (Å²) in [4.78, 5) is 19.0. The van der Waals surface area contributed by atoms with Gasteiger partial charge >= 0.3 is 0 Å². The van der Waals surface area contributed by atoms with Gasteiger partial charge in [0, 0.05) is 24.8 Å². The van der Waals surface area contributed by atoms with E-state index in [-0.39, 0.29) is 11.5 Å². The van der Waals surface area contributed by atoms with E-state index in [1.54, 1.807) is 17.8 Å². The molecule has 28 heavy (non-hydrogen) atoms. The summed E-state index contributed by atoms with van der Waals surface area (Å²) >= 11 is 0. The minimum atomic E-state index is -0.368. The van der Waals surface area contributed by atoms with E-state index in [1.807, 2.05) is 29.2 Å². The second-order valence-electron chi connectivity index (χ2n) is 7.36. The third-order valence-electron chi connectivity index (χ3n) is 5.92. The number of amides is 1. The fraction of sp³-hybridized carbons (Fsp3) is 0.381. The second kappa shape index (κ2) is 6.60. The van der Waals surface area contributed by atoms with Gasteiger partial charge in [-0.25, -0.2) is 9.50 Å². The number of methoxy groups -OCH3 is 1. The number of piperidine rings is 1. The van der Waals surface area contributed by atoms with Gasteiger partial charge in [0.15, 0.2) is 5.65 Å². The molecule has 1 fully saturated rings. The number of carbonyl (C=O) groups excluding carboxylic acids is 1. The summed E-state index contributed by atoms with van der Waals surface area (Å²) in [5.41, 5.74) is 3.44. The molecule has 4 heterocycles. The van der Waals surface area contributed by atoms with Crippen LogP contribution in [0, 0.1) is 0 Å². The van der Waals surface area contributed by atoms with Gasteiger partial charge in [-0.15, -0.1) is 0 Å². The van der Waals surface area contributed by atoms with Gasteiger partial charge in [0.1, 0.15) is 17.7 Å². The Morgan fingerprint density at radius 3 is 2.89 bits per heavy atom. The molecule has 1 saturated heterocycles. The van der Waals surface area contributed by atoms with Crippen LogP contribution in [0.4, 0.5) is 0 Å². The number of carbonyl (C=O) groups is 1. The van der Waals surface area contributed by atoms with Crippen LogP contribution in [0.15, 0.2) is 42.9 Å². The largest absolute Gasteiger partial charge is 0.496 e. The first-order valence-electron chi connectivity index (χ1n) is 9.59. The third-order valence-corrected chi connectivity index (χ3v) is 5.92. The fourth-order valence-electron chi connectivity index (χ4n) is 4.49. The smallest absolute Gasteiger partial charge is 0.255 e. The number of likely N-dealkylation sites (tertiary alicyclic amines) is 1. The van der Waals surface area contributed by atoms with Crippen LogP contribution in [0.2, 0.25) is 0 Å². The van der Waals surface area contributed by atoms with Crippen LogP contribution in [0.1, 0.15) is 34.3 Å². The van der Waals surface area contributed by atoms with E-state index < -0.39 is 0 Å². The van der Waals surface area contributed by atoms with Crippen molar-refractivity contribution in [2.24, 2.45) is 0 Å². The van der Waals surface area contributed by atoms with Gasteiger partial charge in [0.25, 0.3) is 5.91 Å². The second-order valence-corrected chi connectivity index (χ2v) is 7.36. The molecule has 7 heteroatoms. The first kappa shape index (κ1) is 17.2. The van der Waals surface area contributed by atoms with Crippen LogP contribution in [0.5, 0.6) is 5.75 Å². The molecule has 0 aliphatic carbocycles. The molecular weight excluding hydrogens is 356 g/mol. The Labute approximate surface area is 162 Å². The summed E-state index contributed by atoms with van der Waals surface area (Å²) in [6, 6.07) is 9.83. The lowest BCUT2D eigenvalue weighted by atomic mass is 9.78. The lowest BCUT2D eigenvalue weighted by Crippen LogP contribution is -2.48. The molecule has 2 aromatic heterocycles. The lowest BCUT2D eigenvalue weighted by Gasteiger charge is -2.45. The van der Waals surface area contributed by atoms with Gasteiger partial charge in [-0.3, -0.25) is 4.79 Å². The van der Waals surface area contributed by atoms with Crippen LogP contribution >= 0.6 is 0 Å². The van der Waals surface area contributed by atoms with Crippen molar-refractivity contribution in [3.05, 3.63) is 59.5 Å². The molecule has 2 aliphatic heterocycles. The van der Waals surface area contributed by atoms with Crippen molar-refractivity contribution in [2.45, 2.75) is 24.9 Å². The van der Waals surface area contributed by atoms with Crippen molar-refractivity contribution >= 4 is 11.6 Å². The third kappa shape index (κ3) is 2.65. The molecule has 3 aromatic rings. The Balaban J connectivity index is 1.39. The molecule has 1 spiro atoms. The highest BCUT2D eigenvalue weighted by Crippen LogP contribution is 2.45. The highest BCUT2D eigenvalue weighted by molar-refractivity contribution is 5.94. The maximum atomic E-state index is 13.0. The van der Waals surface area contributed by atoms with Crippen molar-refractivity contribution in [3.63, 3.8) is 0 Å². The van der Waals surface area contributed by atoms with E-state index >= 15 is 0 Å². The molecule has 2 aliphatic rings. The first-order valence-corrected chi connectivity index (χ1v) is 9.59. The Kier molecular flexibility index (Phi) is 4.05. The molecule has 5 rings (SSSR count). The molecule has 0 unspecified atom stereocenters. The number of aromatic nitrogens is 3. The molecule has 0 saturated carbocycles. The number of benzene rings is 1. The molecule has 7 nitrogen and oxygen atoms in total. The van der Waals surface area contributed by atoms with Gasteiger partial charge in [-0.2, -0.15) is 5.10 Å². The van der Waals surface area contributed by atoms with Crippen LogP contribution in [0.25, 0.3) is 5.65 Å². The number of hydrogen-bond donors (Lipinski definition) is 0. The Hall–Kier alpha value is -2.93. The fourth-order valence-corrected chi connectivity index (χ4v) is 4.49. The topological polar surface area (TPSA) is 69.0 Å². The Morgan fingerprint density at radius 2 is 2.07 bits per heavy atom. The monoisotopic (exact) mass is 378 g/mol. The SMILES string of the molecule is COc1cccc2c1C1(CCN(C(=O)c3ccc4ncnn4c3)CC1)OCC2. The van der Waals surface area contributed by atoms with Gasteiger partial charge < -0.3 is 14.4 Å². The van der Waals surface area contributed by atoms with Gasteiger partial charge in [0.2, 0.25) is 0 Å². The molecule has 1 aromatic carbocycles. The summed E-state index contributed by atoms with van der Waals surface area (Å²) in [5.74, 6) is 0.900. The highest BCUT2D eigenvalue weighted by atomic mass is 16.5. The summed E-state index contributed by atoms with van der Waals surface area (Å²) in [6.07, 6.45) is 5.65. The van der Waals surface area contributed by atoms with Crippen molar-refractivity contribution in [2.75, 3.05) is 26.8 Å². The molecular formula is C21H22N4O3. The number of ether oxygens (including phenoxy) is 2. The van der Waals surface area contributed by atoms with Crippen LogP contribution in [-0.4, -0.2) is 52.2 Å². The van der Waals surface area contributed by atoms with E-state index in [0.29, 0.717) is 25.3 Å². The standard InChI is InChI=1S/C21H22N4O3/c1-27-17-4-2-3-15-7-12-28-21(19(15)17)8-10-24(11-9-21)20(26)16-5-6-18-22-14-23-25(18)13-16/h2-6,13-14H,7-12H2,1H3. The summed E-state index contributed by atoms with van der Waals surface area (Å²) < 4.78 is 13.6. The zero-order valence-corrected chi connectivity index (χ0v) is 15.8. The number of pyridine rings is 1. The van der Waals surface area contributed by atoms with Crippen molar-refractivity contribution in [1.82, 2.24) is 19.5 Å². The quantitative estimate of drug-likeness (QED) is 0.685. The predicted octanol–water partition coefficient (Wildman–Crippen LogP) is 2.44. The molecule has 0 N–H and O–H groups in total. The number of rotatable bonds is 2. The van der Waals surface area contributed by atoms with E-state index in [9.17, 15) is 4.79 Å². The van der Waals surface area contributed by atoms with Crippen LogP contribution in [0.3, 0.4) is 0 Å². The first-order chi connectivity index (χ1) is 13.7. The number of hydrogen-bond acceptors (Lipinski definition) is 5. The van der Waals surface area contributed by atoms with E-state index in [2.05, 4.69) is 16.1 Å². The minimum Gasteiger partial charge on any atom is -0.496 e. The van der Waals surface area contributed by atoms with Crippen LogP contribution in [-0.2, 0) is 16.8 Å². The maximum absolute atomic E-state index is 13.0. The predicted molar refractivity (Wildman–Crippen MR) is 102 cm³/mol. The molecule has 144 valence electrons. The maximum Gasteiger partial charge on any atom is 0.255 e. The minimum absolute atomic E-state index is 0.0170. The van der Waals surface area contributed by atoms with E-state index in [1.165, 1.54) is 17.5 Å². The lowest BCUT2D eigenvalue weighted by molar-refractivity contribution is -0.0946. The Bertz CT molecular complexity index is 1020. The number of nitrogens with zero attached hydrogens (tertiary/aromatic N) is 4. The molecule has 0 atom stereocenters. The molecule has 0 bridgehead atoms. The van der Waals surface area contributed by atoms with E-state index in [4.69, 9.17) is 9.47 Å². The van der Waals surface area contributed by atoms with Crippen LogP contribution < -0.4 is 4.74 Å². The zero-order valence-electron chi connectivity index (χ0n) is 15.8. The molecule has 0 radical (unpaired) electrons. The van der Waals surface area contributed by atoms with Crippen molar-refractivity contribution < 1.29 is 14.3 Å². The van der Waals surface area contributed by atoms with Gasteiger partial charge in [0.05, 0.1) is 19.3 Å². The summed E-state index contributed by atoms with van der Waals surface area (Å²) in [5, 5.41) is 4.12. The van der Waals surface area contributed by atoms with E-state index in [0.717, 1.165) is 30.7 Å². The van der Waals surface area contributed by atoms with Gasteiger partial charge in [-0.05, 0) is 43.0 Å². The Morgan fingerprint density at radius 1 is 1.21 bits per heavy atom. The van der Waals surface area contributed by atoms with Gasteiger partial charge in [-0.1, -0.05) is 12.1 Å². The summed E-state index contributed by atoms with van der Waals surface area (Å²) in [6.45, 7) is 1.99. The molecule has 1 amide bonds. The van der Waals surface area contributed by atoms with Crippen molar-refractivity contribution in [1.29, 1.82) is 0 Å². The highest BCUT2D eigenvalue weighted by Gasteiger charge is 2.43.